The van der Waals surface area contributed by atoms with Crippen LogP contribution in [0, 0.1) is 14.7 Å². The minimum atomic E-state index is 0.224. The molecule has 0 unspecified atom stereocenters. The average Bonchev–Trinajstić information content (AvgIpc) is 2.94. The highest BCUT2D eigenvalue weighted by Gasteiger charge is 2.31. The average molecular weight is 376 g/mol. The Morgan fingerprint density at radius 3 is 2.56 bits per heavy atom. The molecule has 2 saturated heterocycles. The molecule has 0 aromatic carbocycles. The summed E-state index contributed by atoms with van der Waals surface area (Å²) in [4.78, 5) is 14.5. The molecule has 1 aromatic rings. The van der Waals surface area contributed by atoms with Gasteiger partial charge in [0, 0.05) is 18.5 Å². The molecule has 2 aliphatic heterocycles. The van der Waals surface area contributed by atoms with Crippen LogP contribution in [0.5, 0.6) is 0 Å². The Kier molecular flexibility index (Phi) is 3.91. The molecule has 0 bridgehead atoms. The highest BCUT2D eigenvalue weighted by molar-refractivity contribution is 14.1. The summed E-state index contributed by atoms with van der Waals surface area (Å²) in [5.41, 5.74) is 0.870. The summed E-state index contributed by atoms with van der Waals surface area (Å²) in [7, 11) is 0. The molecule has 0 saturated carbocycles. The number of carbonyl (C=O) groups excluding carboxylic acids is 1. The van der Waals surface area contributed by atoms with Crippen LogP contribution in [-0.4, -0.2) is 37.0 Å². The number of halogens is 1. The zero-order chi connectivity index (χ0) is 12.5. The van der Waals surface area contributed by atoms with E-state index in [0.717, 1.165) is 56.4 Å². The van der Waals surface area contributed by atoms with Crippen molar-refractivity contribution < 1.29 is 4.79 Å². The highest BCUT2D eigenvalue weighted by atomic mass is 127. The van der Waals surface area contributed by atoms with E-state index in [-0.39, 0.29) is 5.91 Å². The van der Waals surface area contributed by atoms with E-state index >= 15 is 0 Å². The molecule has 98 valence electrons. The van der Waals surface area contributed by atoms with Crippen molar-refractivity contribution in [2.75, 3.05) is 26.2 Å². The molecule has 2 aliphatic rings. The van der Waals surface area contributed by atoms with Crippen molar-refractivity contribution in [3.63, 3.8) is 0 Å². The Morgan fingerprint density at radius 2 is 2.00 bits per heavy atom. The Balaban J connectivity index is 1.68. The largest absolute Gasteiger partial charge is 0.339 e. The number of nitrogens with one attached hydrogen (secondary N) is 1. The second-order valence-corrected chi connectivity index (χ2v) is 7.99. The third kappa shape index (κ3) is 2.58. The first-order valence-electron chi connectivity index (χ1n) is 6.48. The van der Waals surface area contributed by atoms with E-state index in [2.05, 4.69) is 32.8 Å². The van der Waals surface area contributed by atoms with E-state index in [4.69, 9.17) is 0 Å². The van der Waals surface area contributed by atoms with Crippen molar-refractivity contribution in [3.8, 4) is 0 Å². The molecule has 0 aliphatic carbocycles. The van der Waals surface area contributed by atoms with Crippen LogP contribution in [0.15, 0.2) is 11.4 Å². The van der Waals surface area contributed by atoms with Gasteiger partial charge in [0.15, 0.2) is 0 Å². The van der Waals surface area contributed by atoms with Gasteiger partial charge in [-0.1, -0.05) is 0 Å². The van der Waals surface area contributed by atoms with E-state index in [9.17, 15) is 4.79 Å². The summed E-state index contributed by atoms with van der Waals surface area (Å²) in [6.07, 6.45) is 2.31. The number of carbonyl (C=O) groups is 1. The van der Waals surface area contributed by atoms with Gasteiger partial charge in [-0.05, 0) is 66.4 Å². The molecule has 1 N–H and O–H groups in total. The topological polar surface area (TPSA) is 32.3 Å². The molecule has 18 heavy (non-hydrogen) atoms. The van der Waals surface area contributed by atoms with E-state index < -0.39 is 0 Å². The minimum absolute atomic E-state index is 0.224. The van der Waals surface area contributed by atoms with Gasteiger partial charge in [-0.25, -0.2) is 0 Å². The van der Waals surface area contributed by atoms with Gasteiger partial charge in [0.05, 0.1) is 8.45 Å². The van der Waals surface area contributed by atoms with Crippen molar-refractivity contribution >= 4 is 39.8 Å². The van der Waals surface area contributed by atoms with Crippen LogP contribution >= 0.6 is 33.9 Å². The highest BCUT2D eigenvalue weighted by Crippen LogP contribution is 2.28. The molecule has 2 fully saturated rings. The van der Waals surface area contributed by atoms with Gasteiger partial charge >= 0.3 is 0 Å². The Morgan fingerprint density at radius 1 is 1.33 bits per heavy atom. The summed E-state index contributed by atoms with van der Waals surface area (Å²) in [5, 5.41) is 5.45. The molecule has 3 heterocycles. The summed E-state index contributed by atoms with van der Waals surface area (Å²) in [5.74, 6) is 1.79. The first-order chi connectivity index (χ1) is 8.74. The van der Waals surface area contributed by atoms with Crippen molar-refractivity contribution in [2.45, 2.75) is 12.8 Å². The number of rotatable bonds is 1. The predicted octanol–water partition coefficient (Wildman–Crippen LogP) is 2.42. The van der Waals surface area contributed by atoms with Gasteiger partial charge in [0.25, 0.3) is 5.91 Å². The number of nitrogens with zero attached hydrogens (tertiary/aromatic N) is 1. The maximum absolute atomic E-state index is 12.4. The number of hydrogen-bond donors (Lipinski definition) is 1. The summed E-state index contributed by atoms with van der Waals surface area (Å²) in [6, 6.07) is 2.00. The molecule has 1 amide bonds. The third-order valence-electron chi connectivity index (χ3n) is 4.12. The van der Waals surface area contributed by atoms with Crippen LogP contribution in [0.2, 0.25) is 0 Å². The fourth-order valence-corrected chi connectivity index (χ4v) is 4.35. The summed E-state index contributed by atoms with van der Waals surface area (Å²) < 4.78 is 1.19. The number of fused-ring (bicyclic) bond motifs is 1. The normalized spacial score (nSPS) is 27.9. The predicted molar refractivity (Wildman–Crippen MR) is 82.0 cm³/mol. The third-order valence-corrected chi connectivity index (χ3v) is 5.91. The van der Waals surface area contributed by atoms with E-state index in [1.165, 1.54) is 2.88 Å². The summed E-state index contributed by atoms with van der Waals surface area (Å²) in [6.45, 7) is 4.13. The van der Waals surface area contributed by atoms with E-state index in [1.807, 2.05) is 11.4 Å². The van der Waals surface area contributed by atoms with Crippen molar-refractivity contribution in [3.05, 3.63) is 19.9 Å². The number of amides is 1. The molecule has 2 atom stereocenters. The standard InChI is InChI=1S/C13H17IN2OS/c14-12-5-11(8-18-12)13(17)16-3-1-9-6-15-7-10(9)2-4-16/h5,8-10,15H,1-4,6-7H2/t9-,10+. The number of hydrogen-bond acceptors (Lipinski definition) is 3. The number of likely N-dealkylation sites (tertiary alicyclic amines) is 1. The monoisotopic (exact) mass is 376 g/mol. The van der Waals surface area contributed by atoms with Crippen LogP contribution < -0.4 is 5.32 Å². The second-order valence-electron chi connectivity index (χ2n) is 5.19. The van der Waals surface area contributed by atoms with Crippen LogP contribution in [0.4, 0.5) is 0 Å². The molecule has 5 heteroatoms. The van der Waals surface area contributed by atoms with Crippen LogP contribution in [0.25, 0.3) is 0 Å². The van der Waals surface area contributed by atoms with Crippen molar-refractivity contribution in [2.24, 2.45) is 11.8 Å². The Labute approximate surface area is 125 Å². The minimum Gasteiger partial charge on any atom is -0.339 e. The van der Waals surface area contributed by atoms with Gasteiger partial charge in [0.2, 0.25) is 0 Å². The van der Waals surface area contributed by atoms with Gasteiger partial charge in [-0.2, -0.15) is 0 Å². The molecule has 3 nitrogen and oxygen atoms in total. The zero-order valence-electron chi connectivity index (χ0n) is 10.2. The molecule has 0 spiro atoms. The smallest absolute Gasteiger partial charge is 0.254 e. The van der Waals surface area contributed by atoms with Gasteiger partial charge in [-0.15, -0.1) is 11.3 Å². The molecule has 3 rings (SSSR count). The first kappa shape index (κ1) is 12.9. The van der Waals surface area contributed by atoms with Crippen molar-refractivity contribution in [1.29, 1.82) is 0 Å². The molecular weight excluding hydrogens is 359 g/mol. The van der Waals surface area contributed by atoms with Crippen LogP contribution in [-0.2, 0) is 0 Å². The van der Waals surface area contributed by atoms with Gasteiger partial charge in [-0.3, -0.25) is 4.79 Å². The lowest BCUT2D eigenvalue weighted by molar-refractivity contribution is 0.0759. The Bertz CT molecular complexity index is 434. The number of thiophene rings is 1. The van der Waals surface area contributed by atoms with Gasteiger partial charge in [0.1, 0.15) is 0 Å². The molecular formula is C13H17IN2OS. The van der Waals surface area contributed by atoms with Crippen LogP contribution in [0.1, 0.15) is 23.2 Å². The fourth-order valence-electron chi connectivity index (χ4n) is 3.03. The second kappa shape index (κ2) is 5.46. The lowest BCUT2D eigenvalue weighted by atomic mass is 9.92. The maximum Gasteiger partial charge on any atom is 0.254 e. The summed E-state index contributed by atoms with van der Waals surface area (Å²) >= 11 is 3.92. The zero-order valence-corrected chi connectivity index (χ0v) is 13.2. The SMILES string of the molecule is O=C(c1csc(I)c1)N1CC[C@@H]2CNC[C@@H]2CC1. The Hall–Kier alpha value is -0.140. The molecule has 0 radical (unpaired) electrons. The molecule has 1 aromatic heterocycles. The maximum atomic E-state index is 12.4. The van der Waals surface area contributed by atoms with Gasteiger partial charge < -0.3 is 10.2 Å². The van der Waals surface area contributed by atoms with E-state index in [0.29, 0.717) is 0 Å². The first-order valence-corrected chi connectivity index (χ1v) is 8.44. The lowest BCUT2D eigenvalue weighted by Crippen LogP contribution is -2.32. The fraction of sp³-hybridized carbons (Fsp3) is 0.615. The van der Waals surface area contributed by atoms with E-state index in [1.54, 1.807) is 11.3 Å². The quantitative estimate of drug-likeness (QED) is 0.764. The van der Waals surface area contributed by atoms with Crippen molar-refractivity contribution in [1.82, 2.24) is 10.2 Å². The lowest BCUT2D eigenvalue weighted by Gasteiger charge is -2.20. The van der Waals surface area contributed by atoms with Crippen LogP contribution in [0.3, 0.4) is 0 Å².